The lowest BCUT2D eigenvalue weighted by Crippen LogP contribution is -2.13. The third-order valence-electron chi connectivity index (χ3n) is 3.33. The lowest BCUT2D eigenvalue weighted by atomic mass is 9.98. The summed E-state index contributed by atoms with van der Waals surface area (Å²) in [5.74, 6) is 0.719. The molecule has 1 aliphatic rings. The van der Waals surface area contributed by atoms with Gasteiger partial charge in [-0.05, 0) is 42.5 Å². The third kappa shape index (κ3) is 2.30. The number of aryl methyl sites for hydroxylation is 3. The normalized spacial score (nSPS) is 16.6. The van der Waals surface area contributed by atoms with Gasteiger partial charge < -0.3 is 5.73 Å². The molecule has 2 heterocycles. The van der Waals surface area contributed by atoms with Crippen LogP contribution in [0.5, 0.6) is 0 Å². The number of hydrogen-bond donors (Lipinski definition) is 1. The summed E-state index contributed by atoms with van der Waals surface area (Å²) in [6.45, 7) is 0. The zero-order chi connectivity index (χ0) is 12.5. The summed E-state index contributed by atoms with van der Waals surface area (Å²) in [6.07, 6.45) is 5.71. The number of tetrazole rings is 1. The molecule has 1 unspecified atom stereocenters. The number of nitrogens with two attached hydrogens (primary N) is 1. The molecule has 0 aliphatic heterocycles. The maximum atomic E-state index is 6.24. The van der Waals surface area contributed by atoms with Crippen LogP contribution in [0.4, 0.5) is 0 Å². The molecular formula is C12H17N5S. The molecule has 0 bridgehead atoms. The van der Waals surface area contributed by atoms with E-state index in [1.54, 1.807) is 7.05 Å². The average molecular weight is 263 g/mol. The Labute approximate surface area is 110 Å². The number of nitrogens with zero attached hydrogens (tertiary/aromatic N) is 4. The van der Waals surface area contributed by atoms with Crippen molar-refractivity contribution in [3.63, 3.8) is 0 Å². The van der Waals surface area contributed by atoms with Gasteiger partial charge in [0.25, 0.3) is 0 Å². The van der Waals surface area contributed by atoms with Gasteiger partial charge in [0.1, 0.15) is 0 Å². The van der Waals surface area contributed by atoms with Crippen LogP contribution in [0.15, 0.2) is 6.07 Å². The van der Waals surface area contributed by atoms with E-state index in [0.717, 1.165) is 5.82 Å². The van der Waals surface area contributed by atoms with Crippen LogP contribution in [0.1, 0.15) is 40.0 Å². The van der Waals surface area contributed by atoms with Crippen molar-refractivity contribution in [2.75, 3.05) is 0 Å². The van der Waals surface area contributed by atoms with E-state index >= 15 is 0 Å². The summed E-state index contributed by atoms with van der Waals surface area (Å²) >= 11 is 1.86. The quantitative estimate of drug-likeness (QED) is 0.908. The Morgan fingerprint density at radius 1 is 1.44 bits per heavy atom. The maximum Gasteiger partial charge on any atom is 0.176 e. The second kappa shape index (κ2) is 4.78. The van der Waals surface area contributed by atoms with E-state index in [-0.39, 0.29) is 6.04 Å². The summed E-state index contributed by atoms with van der Waals surface area (Å²) in [4.78, 5) is 4.26. The van der Waals surface area contributed by atoms with Gasteiger partial charge in [0.2, 0.25) is 0 Å². The SMILES string of the molecule is Cn1nnc(CC(N)c2cc3c(s2)CCCC3)n1. The van der Waals surface area contributed by atoms with E-state index in [1.165, 1.54) is 45.8 Å². The molecule has 1 aliphatic carbocycles. The molecule has 6 heteroatoms. The molecule has 2 aromatic rings. The van der Waals surface area contributed by atoms with Gasteiger partial charge in [-0.2, -0.15) is 4.80 Å². The Bertz CT molecular complexity index is 521. The Hall–Kier alpha value is -1.27. The van der Waals surface area contributed by atoms with Crippen molar-refractivity contribution in [3.05, 3.63) is 27.2 Å². The minimum absolute atomic E-state index is 0.00944. The van der Waals surface area contributed by atoms with Crippen molar-refractivity contribution < 1.29 is 0 Å². The van der Waals surface area contributed by atoms with Crippen molar-refractivity contribution >= 4 is 11.3 Å². The van der Waals surface area contributed by atoms with Gasteiger partial charge in [0, 0.05) is 22.2 Å². The zero-order valence-corrected chi connectivity index (χ0v) is 11.3. The van der Waals surface area contributed by atoms with Crippen molar-refractivity contribution in [2.45, 2.75) is 38.1 Å². The van der Waals surface area contributed by atoms with E-state index in [4.69, 9.17) is 5.73 Å². The van der Waals surface area contributed by atoms with E-state index in [2.05, 4.69) is 21.5 Å². The maximum absolute atomic E-state index is 6.24. The van der Waals surface area contributed by atoms with Crippen LogP contribution in [0.2, 0.25) is 0 Å². The smallest absolute Gasteiger partial charge is 0.176 e. The molecule has 0 spiro atoms. The second-order valence-corrected chi connectivity index (χ2v) is 5.98. The first kappa shape index (κ1) is 11.8. The number of rotatable bonds is 3. The largest absolute Gasteiger partial charge is 0.323 e. The topological polar surface area (TPSA) is 69.6 Å². The first-order chi connectivity index (χ1) is 8.72. The summed E-state index contributed by atoms with van der Waals surface area (Å²) in [6, 6.07) is 2.27. The van der Waals surface area contributed by atoms with Crippen LogP contribution in [-0.2, 0) is 26.3 Å². The second-order valence-electron chi connectivity index (χ2n) is 4.81. The van der Waals surface area contributed by atoms with Gasteiger partial charge >= 0.3 is 0 Å². The molecule has 2 N–H and O–H groups in total. The minimum atomic E-state index is -0.00944. The highest BCUT2D eigenvalue weighted by Gasteiger charge is 2.18. The highest BCUT2D eigenvalue weighted by molar-refractivity contribution is 7.12. The molecule has 1 atom stereocenters. The summed E-state index contributed by atoms with van der Waals surface area (Å²) in [5, 5.41) is 12.0. The molecule has 0 radical (unpaired) electrons. The molecule has 0 saturated carbocycles. The minimum Gasteiger partial charge on any atom is -0.323 e. The molecule has 0 saturated heterocycles. The highest BCUT2D eigenvalue weighted by atomic mass is 32.1. The molecular weight excluding hydrogens is 246 g/mol. The van der Waals surface area contributed by atoms with Crippen molar-refractivity contribution in [1.29, 1.82) is 0 Å². The summed E-state index contributed by atoms with van der Waals surface area (Å²) in [5.41, 5.74) is 7.75. The number of aromatic nitrogens is 4. The standard InChI is InChI=1S/C12H17N5S/c1-17-15-12(14-16-17)7-9(13)11-6-8-4-2-3-5-10(8)18-11/h6,9H,2-5,7,13H2,1H3. The van der Waals surface area contributed by atoms with E-state index in [0.29, 0.717) is 6.42 Å². The first-order valence-corrected chi connectivity index (χ1v) is 7.14. The van der Waals surface area contributed by atoms with Crippen LogP contribution in [0.3, 0.4) is 0 Å². The van der Waals surface area contributed by atoms with Gasteiger partial charge in [0.05, 0.1) is 7.05 Å². The third-order valence-corrected chi connectivity index (χ3v) is 4.70. The number of fused-ring (bicyclic) bond motifs is 1. The van der Waals surface area contributed by atoms with Gasteiger partial charge in [0.15, 0.2) is 5.82 Å². The van der Waals surface area contributed by atoms with E-state index in [9.17, 15) is 0 Å². The Morgan fingerprint density at radius 2 is 2.28 bits per heavy atom. The monoisotopic (exact) mass is 263 g/mol. The zero-order valence-electron chi connectivity index (χ0n) is 10.5. The van der Waals surface area contributed by atoms with Crippen LogP contribution in [0, 0.1) is 0 Å². The molecule has 3 rings (SSSR count). The van der Waals surface area contributed by atoms with Gasteiger partial charge in [-0.3, -0.25) is 0 Å². The van der Waals surface area contributed by atoms with Crippen molar-refractivity contribution in [1.82, 2.24) is 20.2 Å². The summed E-state index contributed by atoms with van der Waals surface area (Å²) < 4.78 is 0. The predicted octanol–water partition coefficient (Wildman–Crippen LogP) is 1.39. The van der Waals surface area contributed by atoms with E-state index in [1.807, 2.05) is 11.3 Å². The molecule has 0 amide bonds. The fourth-order valence-electron chi connectivity index (χ4n) is 2.40. The molecule has 2 aromatic heterocycles. The van der Waals surface area contributed by atoms with Gasteiger partial charge in [-0.25, -0.2) is 0 Å². The molecule has 5 nitrogen and oxygen atoms in total. The first-order valence-electron chi connectivity index (χ1n) is 6.32. The van der Waals surface area contributed by atoms with Crippen LogP contribution in [0.25, 0.3) is 0 Å². The Kier molecular flexibility index (Phi) is 3.13. The van der Waals surface area contributed by atoms with Crippen LogP contribution >= 0.6 is 11.3 Å². The highest BCUT2D eigenvalue weighted by Crippen LogP contribution is 2.32. The van der Waals surface area contributed by atoms with Crippen LogP contribution in [-0.4, -0.2) is 20.2 Å². The fourth-order valence-corrected chi connectivity index (χ4v) is 3.66. The molecule has 96 valence electrons. The average Bonchev–Trinajstić information content (AvgIpc) is 2.95. The summed E-state index contributed by atoms with van der Waals surface area (Å²) in [7, 11) is 1.77. The number of thiophene rings is 1. The molecule has 0 aromatic carbocycles. The predicted molar refractivity (Wildman–Crippen MR) is 70.4 cm³/mol. The molecule has 0 fully saturated rings. The van der Waals surface area contributed by atoms with Gasteiger partial charge in [-0.15, -0.1) is 21.5 Å². The van der Waals surface area contributed by atoms with E-state index < -0.39 is 0 Å². The van der Waals surface area contributed by atoms with Crippen molar-refractivity contribution in [2.24, 2.45) is 12.8 Å². The fraction of sp³-hybridized carbons (Fsp3) is 0.583. The Balaban J connectivity index is 1.75. The molecule has 18 heavy (non-hydrogen) atoms. The van der Waals surface area contributed by atoms with Crippen molar-refractivity contribution in [3.8, 4) is 0 Å². The lowest BCUT2D eigenvalue weighted by Gasteiger charge is -2.08. The van der Waals surface area contributed by atoms with Crippen LogP contribution < -0.4 is 5.73 Å². The van der Waals surface area contributed by atoms with Gasteiger partial charge in [-0.1, -0.05) is 0 Å². The Morgan fingerprint density at radius 3 is 3.00 bits per heavy atom. The lowest BCUT2D eigenvalue weighted by molar-refractivity contribution is 0.623. The number of hydrogen-bond acceptors (Lipinski definition) is 5.